The second-order valence-electron chi connectivity index (χ2n) is 23.8. The van der Waals surface area contributed by atoms with Crippen LogP contribution in [0.15, 0.2) is 72.9 Å². The number of unbranched alkanes of at least 4 members (excludes halogenated alkanes) is 42. The zero-order valence-electron chi connectivity index (χ0n) is 54.1. The van der Waals surface area contributed by atoms with Crippen molar-refractivity contribution in [2.45, 2.75) is 374 Å². The van der Waals surface area contributed by atoms with Gasteiger partial charge >= 0.3 is 17.9 Å². The second-order valence-corrected chi connectivity index (χ2v) is 23.8. The Bertz CT molecular complexity index is 1490. The molecule has 0 fully saturated rings. The fraction of sp³-hybridized carbons (Fsp3) is 0.800. The average molecular weight is 1130 g/mol. The summed E-state index contributed by atoms with van der Waals surface area (Å²) in [5.74, 6) is -0.858. The number of rotatable bonds is 65. The molecule has 0 N–H and O–H groups in total. The van der Waals surface area contributed by atoms with E-state index in [1.54, 1.807) is 0 Å². The van der Waals surface area contributed by atoms with Gasteiger partial charge in [0.2, 0.25) is 0 Å². The van der Waals surface area contributed by atoms with Crippen molar-refractivity contribution in [3.63, 3.8) is 0 Å². The molecule has 0 aliphatic heterocycles. The van der Waals surface area contributed by atoms with Gasteiger partial charge in [-0.2, -0.15) is 0 Å². The Balaban J connectivity index is 4.25. The second kappa shape index (κ2) is 69.3. The Morgan fingerprint density at radius 3 is 0.753 bits per heavy atom. The van der Waals surface area contributed by atoms with E-state index in [-0.39, 0.29) is 31.1 Å². The summed E-state index contributed by atoms with van der Waals surface area (Å²) in [6, 6.07) is 0. The van der Waals surface area contributed by atoms with Gasteiger partial charge in [-0.1, -0.05) is 351 Å². The zero-order valence-corrected chi connectivity index (χ0v) is 54.1. The van der Waals surface area contributed by atoms with Crippen molar-refractivity contribution in [1.82, 2.24) is 0 Å². The highest BCUT2D eigenvalue weighted by atomic mass is 16.6. The van der Waals surface area contributed by atoms with Crippen molar-refractivity contribution in [2.24, 2.45) is 0 Å². The summed E-state index contributed by atoms with van der Waals surface area (Å²) < 4.78 is 17.0. The van der Waals surface area contributed by atoms with E-state index in [4.69, 9.17) is 14.2 Å². The maximum Gasteiger partial charge on any atom is 0.306 e. The minimum absolute atomic E-state index is 0.0725. The molecule has 1 atom stereocenters. The molecule has 0 aromatic carbocycles. The standard InChI is InChI=1S/C75H134O6/c1-4-7-10-13-16-19-22-25-27-29-31-33-35-37-38-39-41-42-44-46-48-50-53-56-59-62-65-68-74(77)80-71-72(70-79-73(76)67-64-61-58-55-52-24-21-18-15-12-9-6-3)81-75(78)69-66-63-60-57-54-51-49-47-45-43-40-36-34-32-30-28-26-23-20-17-14-11-8-5-2/h7,10,16,19,25,27,31,33,37-38,41-42,72H,4-6,8-9,11-15,17-18,20-24,26,28-30,32,34-36,39-40,43-71H2,1-3H3/b10-7-,19-16-,27-25-,33-31-,38-37-,42-41-. The summed E-state index contributed by atoms with van der Waals surface area (Å²) in [4.78, 5) is 38.4. The van der Waals surface area contributed by atoms with E-state index in [1.165, 1.54) is 225 Å². The number of allylic oxidation sites excluding steroid dienone is 12. The van der Waals surface area contributed by atoms with E-state index in [2.05, 4.69) is 93.7 Å². The van der Waals surface area contributed by atoms with Crippen LogP contribution in [0, 0.1) is 0 Å². The van der Waals surface area contributed by atoms with Gasteiger partial charge in [0.25, 0.3) is 0 Å². The van der Waals surface area contributed by atoms with E-state index in [0.29, 0.717) is 19.3 Å². The Labute approximate surface area is 503 Å². The molecule has 81 heavy (non-hydrogen) atoms. The molecule has 0 aliphatic rings. The van der Waals surface area contributed by atoms with Crippen molar-refractivity contribution < 1.29 is 28.6 Å². The predicted octanol–water partition coefficient (Wildman–Crippen LogP) is 24.4. The topological polar surface area (TPSA) is 78.9 Å². The van der Waals surface area contributed by atoms with E-state index in [1.807, 2.05) is 0 Å². The normalized spacial score (nSPS) is 12.5. The van der Waals surface area contributed by atoms with Crippen LogP contribution in [0.3, 0.4) is 0 Å². The summed E-state index contributed by atoms with van der Waals surface area (Å²) in [6.07, 6.45) is 90.7. The third-order valence-electron chi connectivity index (χ3n) is 15.7. The molecule has 0 saturated heterocycles. The summed E-state index contributed by atoms with van der Waals surface area (Å²) in [7, 11) is 0. The molecule has 1 unspecified atom stereocenters. The number of ether oxygens (including phenoxy) is 3. The third kappa shape index (κ3) is 67.5. The van der Waals surface area contributed by atoms with Crippen molar-refractivity contribution in [2.75, 3.05) is 13.2 Å². The summed E-state index contributed by atoms with van der Waals surface area (Å²) in [5, 5.41) is 0. The van der Waals surface area contributed by atoms with Crippen LogP contribution < -0.4 is 0 Å². The van der Waals surface area contributed by atoms with E-state index in [0.717, 1.165) is 103 Å². The summed E-state index contributed by atoms with van der Waals surface area (Å²) in [5.41, 5.74) is 0. The van der Waals surface area contributed by atoms with Gasteiger partial charge in [0, 0.05) is 19.3 Å². The number of esters is 3. The van der Waals surface area contributed by atoms with E-state index < -0.39 is 6.10 Å². The van der Waals surface area contributed by atoms with Crippen LogP contribution in [-0.2, 0) is 28.6 Å². The lowest BCUT2D eigenvalue weighted by atomic mass is 10.0. The Morgan fingerprint density at radius 2 is 0.481 bits per heavy atom. The van der Waals surface area contributed by atoms with Crippen LogP contribution in [0.4, 0.5) is 0 Å². The molecule has 0 radical (unpaired) electrons. The monoisotopic (exact) mass is 1130 g/mol. The highest BCUT2D eigenvalue weighted by Crippen LogP contribution is 2.18. The van der Waals surface area contributed by atoms with Crippen LogP contribution in [0.25, 0.3) is 0 Å². The quantitative estimate of drug-likeness (QED) is 0.0261. The van der Waals surface area contributed by atoms with Crippen molar-refractivity contribution >= 4 is 17.9 Å². The van der Waals surface area contributed by atoms with E-state index >= 15 is 0 Å². The largest absolute Gasteiger partial charge is 0.462 e. The fourth-order valence-corrected chi connectivity index (χ4v) is 10.5. The van der Waals surface area contributed by atoms with Gasteiger partial charge in [-0.25, -0.2) is 0 Å². The zero-order chi connectivity index (χ0) is 58.5. The molecule has 470 valence electrons. The van der Waals surface area contributed by atoms with Crippen LogP contribution in [0.1, 0.15) is 367 Å². The molecule has 0 amide bonds. The minimum Gasteiger partial charge on any atom is -0.462 e. The number of carbonyl (C=O) groups excluding carboxylic acids is 3. The maximum absolute atomic E-state index is 13.0. The highest BCUT2D eigenvalue weighted by Gasteiger charge is 2.19. The molecular formula is C75H134O6. The predicted molar refractivity (Wildman–Crippen MR) is 353 cm³/mol. The first-order valence-corrected chi connectivity index (χ1v) is 35.4. The molecule has 0 bridgehead atoms. The molecule has 0 aliphatic carbocycles. The lowest BCUT2D eigenvalue weighted by Crippen LogP contribution is -2.30. The van der Waals surface area contributed by atoms with Crippen LogP contribution >= 0.6 is 0 Å². The SMILES string of the molecule is CC/C=C\C/C=C\C/C=C\C/C=C\C/C=C\C/C=C\CCCCCCCCCCC(=O)OCC(COC(=O)CCCCCCCCCCCCCC)OC(=O)CCCCCCCCCCCCCCCCCCCCCCCCCC. The minimum atomic E-state index is -0.777. The number of hydrogen-bond acceptors (Lipinski definition) is 6. The van der Waals surface area contributed by atoms with Crippen molar-refractivity contribution in [3.8, 4) is 0 Å². The van der Waals surface area contributed by atoms with Gasteiger partial charge in [0.1, 0.15) is 13.2 Å². The van der Waals surface area contributed by atoms with Crippen LogP contribution in [0.5, 0.6) is 0 Å². The van der Waals surface area contributed by atoms with Gasteiger partial charge in [-0.05, 0) is 70.6 Å². The molecule has 0 saturated carbocycles. The number of carbonyl (C=O) groups is 3. The Morgan fingerprint density at radius 1 is 0.259 bits per heavy atom. The van der Waals surface area contributed by atoms with Crippen LogP contribution in [0.2, 0.25) is 0 Å². The molecule has 6 nitrogen and oxygen atoms in total. The Hall–Kier alpha value is -3.15. The molecule has 0 heterocycles. The lowest BCUT2D eigenvalue weighted by molar-refractivity contribution is -0.167. The number of hydrogen-bond donors (Lipinski definition) is 0. The first kappa shape index (κ1) is 77.9. The maximum atomic E-state index is 13.0. The van der Waals surface area contributed by atoms with Gasteiger partial charge in [0.05, 0.1) is 0 Å². The Kier molecular flexibility index (Phi) is 66.6. The van der Waals surface area contributed by atoms with Crippen molar-refractivity contribution in [3.05, 3.63) is 72.9 Å². The van der Waals surface area contributed by atoms with E-state index in [9.17, 15) is 14.4 Å². The highest BCUT2D eigenvalue weighted by molar-refractivity contribution is 5.71. The molecule has 0 rings (SSSR count). The molecule has 6 heteroatoms. The molecule has 0 aromatic heterocycles. The van der Waals surface area contributed by atoms with Gasteiger partial charge < -0.3 is 14.2 Å². The van der Waals surface area contributed by atoms with Gasteiger partial charge in [-0.15, -0.1) is 0 Å². The first-order valence-electron chi connectivity index (χ1n) is 35.4. The van der Waals surface area contributed by atoms with Crippen LogP contribution in [-0.4, -0.2) is 37.2 Å². The summed E-state index contributed by atoms with van der Waals surface area (Å²) >= 11 is 0. The summed E-state index contributed by atoms with van der Waals surface area (Å²) in [6.45, 7) is 6.58. The first-order chi connectivity index (χ1) is 40.0. The molecular weight excluding hydrogens is 997 g/mol. The molecule has 0 spiro atoms. The smallest absolute Gasteiger partial charge is 0.306 e. The fourth-order valence-electron chi connectivity index (χ4n) is 10.5. The van der Waals surface area contributed by atoms with Gasteiger partial charge in [0.15, 0.2) is 6.10 Å². The van der Waals surface area contributed by atoms with Gasteiger partial charge in [-0.3, -0.25) is 14.4 Å². The third-order valence-corrected chi connectivity index (χ3v) is 15.7. The van der Waals surface area contributed by atoms with Crippen molar-refractivity contribution in [1.29, 1.82) is 0 Å². The molecule has 0 aromatic rings. The average Bonchev–Trinajstić information content (AvgIpc) is 3.47. The lowest BCUT2D eigenvalue weighted by Gasteiger charge is -2.18.